The summed E-state index contributed by atoms with van der Waals surface area (Å²) in [5.41, 5.74) is 0.983. The van der Waals surface area contributed by atoms with Crippen LogP contribution in [0.25, 0.3) is 0 Å². The lowest BCUT2D eigenvalue weighted by molar-refractivity contribution is -0.134. The summed E-state index contributed by atoms with van der Waals surface area (Å²) in [5.74, 6) is -0.728. The number of anilines is 1. The number of nitrogens with one attached hydrogen (secondary N) is 2. The highest BCUT2D eigenvalue weighted by Crippen LogP contribution is 2.43. The van der Waals surface area contributed by atoms with Crippen LogP contribution in [-0.4, -0.2) is 35.3 Å². The summed E-state index contributed by atoms with van der Waals surface area (Å²) in [6.07, 6.45) is 1.89. The van der Waals surface area contributed by atoms with E-state index in [1.54, 1.807) is 6.07 Å². The molecule has 8 nitrogen and oxygen atoms in total. The predicted molar refractivity (Wildman–Crippen MR) is 85.4 cm³/mol. The van der Waals surface area contributed by atoms with Crippen molar-refractivity contribution in [3.63, 3.8) is 0 Å². The van der Waals surface area contributed by atoms with E-state index in [0.29, 0.717) is 5.56 Å². The Morgan fingerprint density at radius 2 is 1.70 bits per heavy atom. The van der Waals surface area contributed by atoms with Crippen molar-refractivity contribution in [1.29, 1.82) is 0 Å². The molecule has 1 aromatic carbocycles. The molecule has 2 rings (SSSR count). The summed E-state index contributed by atoms with van der Waals surface area (Å²) in [5, 5.41) is 0. The van der Waals surface area contributed by atoms with Gasteiger partial charge in [-0.2, -0.15) is 4.72 Å². The summed E-state index contributed by atoms with van der Waals surface area (Å²) >= 11 is 0. The number of hydrogen-bond donors (Lipinski definition) is 2. The normalized spacial score (nSPS) is 18.0. The van der Waals surface area contributed by atoms with E-state index >= 15 is 0 Å². The molecule has 10 heteroatoms. The molecule has 0 aliphatic carbocycles. The maximum absolute atomic E-state index is 12.0. The van der Waals surface area contributed by atoms with Crippen molar-refractivity contribution < 1.29 is 26.4 Å². The van der Waals surface area contributed by atoms with Gasteiger partial charge in [-0.25, -0.2) is 21.6 Å². The lowest BCUT2D eigenvalue weighted by Crippen LogP contribution is -2.32. The third-order valence-electron chi connectivity index (χ3n) is 3.21. The largest absolute Gasteiger partial charge is 0.425 e. The van der Waals surface area contributed by atoms with Gasteiger partial charge in [-0.3, -0.25) is 4.72 Å². The second-order valence-corrected chi connectivity index (χ2v) is 9.24. The highest BCUT2D eigenvalue weighted by atomic mass is 32.2. The Kier molecular flexibility index (Phi) is 4.44. The third-order valence-corrected chi connectivity index (χ3v) is 4.45. The van der Waals surface area contributed by atoms with Crippen LogP contribution in [0.1, 0.15) is 36.9 Å². The van der Waals surface area contributed by atoms with Gasteiger partial charge in [0.15, 0.2) is 6.04 Å². The van der Waals surface area contributed by atoms with E-state index in [1.165, 1.54) is 6.07 Å². The molecule has 1 aliphatic heterocycles. The second kappa shape index (κ2) is 5.77. The number of esters is 1. The van der Waals surface area contributed by atoms with Crippen molar-refractivity contribution in [2.75, 3.05) is 17.2 Å². The number of ether oxygens (including phenoxy) is 1. The van der Waals surface area contributed by atoms with Crippen molar-refractivity contribution in [2.24, 2.45) is 0 Å². The summed E-state index contributed by atoms with van der Waals surface area (Å²) in [4.78, 5) is 12.0. The minimum Gasteiger partial charge on any atom is -0.425 e. The molecule has 0 aromatic heterocycles. The molecular weight excluding hydrogens is 344 g/mol. The highest BCUT2D eigenvalue weighted by Gasteiger charge is 2.39. The Labute approximate surface area is 135 Å². The van der Waals surface area contributed by atoms with Crippen LogP contribution >= 0.6 is 0 Å². The lowest BCUT2D eigenvalue weighted by atomic mass is 9.95. The molecule has 0 spiro atoms. The molecule has 0 saturated carbocycles. The van der Waals surface area contributed by atoms with Crippen LogP contribution in [0.3, 0.4) is 0 Å². The molecule has 1 atom stereocenters. The number of rotatable bonds is 5. The van der Waals surface area contributed by atoms with E-state index in [9.17, 15) is 21.6 Å². The topological polar surface area (TPSA) is 119 Å². The third kappa shape index (κ3) is 4.01. The van der Waals surface area contributed by atoms with E-state index in [2.05, 4.69) is 9.44 Å². The van der Waals surface area contributed by atoms with Gasteiger partial charge in [0.1, 0.15) is 5.75 Å². The standard InChI is InChI=1S/C13H18N2O6S2/c1-7(2)8-5-6-9-10(11(8)14-22(3,17)18)12(13(16)21-9)15-23(4,19)20/h5-7,12,14-15H,1-4H3. The Morgan fingerprint density at radius 1 is 1.09 bits per heavy atom. The van der Waals surface area contributed by atoms with Gasteiger partial charge in [0.25, 0.3) is 0 Å². The van der Waals surface area contributed by atoms with Gasteiger partial charge in [0.05, 0.1) is 18.2 Å². The van der Waals surface area contributed by atoms with Crippen LogP contribution in [0, 0.1) is 0 Å². The van der Waals surface area contributed by atoms with Gasteiger partial charge in [0.2, 0.25) is 20.0 Å². The summed E-state index contributed by atoms with van der Waals surface area (Å²) in [6, 6.07) is 1.88. The molecule has 2 N–H and O–H groups in total. The quantitative estimate of drug-likeness (QED) is 0.588. The molecule has 0 fully saturated rings. The Balaban J connectivity index is 2.69. The van der Waals surface area contributed by atoms with Crippen LogP contribution in [-0.2, 0) is 24.8 Å². The Bertz CT molecular complexity index is 859. The zero-order valence-electron chi connectivity index (χ0n) is 13.1. The number of carbonyl (C=O) groups is 1. The molecule has 1 heterocycles. The number of fused-ring (bicyclic) bond motifs is 1. The van der Waals surface area contributed by atoms with E-state index in [4.69, 9.17) is 4.74 Å². The summed E-state index contributed by atoms with van der Waals surface area (Å²) in [7, 11) is -7.34. The molecule has 1 aromatic rings. The smallest absolute Gasteiger partial charge is 0.334 e. The zero-order valence-corrected chi connectivity index (χ0v) is 14.7. The fourth-order valence-electron chi connectivity index (χ4n) is 2.38. The molecule has 1 unspecified atom stereocenters. The monoisotopic (exact) mass is 362 g/mol. The van der Waals surface area contributed by atoms with Crippen LogP contribution in [0.5, 0.6) is 5.75 Å². The number of benzene rings is 1. The van der Waals surface area contributed by atoms with Crippen molar-refractivity contribution in [1.82, 2.24) is 4.72 Å². The molecule has 128 valence electrons. The Morgan fingerprint density at radius 3 is 2.17 bits per heavy atom. The number of carbonyl (C=O) groups excluding carboxylic acids is 1. The second-order valence-electron chi connectivity index (χ2n) is 5.71. The van der Waals surface area contributed by atoms with Gasteiger partial charge in [-0.15, -0.1) is 0 Å². The van der Waals surface area contributed by atoms with Crippen LogP contribution < -0.4 is 14.2 Å². The lowest BCUT2D eigenvalue weighted by Gasteiger charge is -2.19. The number of hydrogen-bond acceptors (Lipinski definition) is 6. The minimum absolute atomic E-state index is 0.0564. The van der Waals surface area contributed by atoms with E-state index in [0.717, 1.165) is 12.5 Å². The first-order chi connectivity index (χ1) is 10.4. The van der Waals surface area contributed by atoms with Crippen molar-refractivity contribution in [3.05, 3.63) is 23.3 Å². The van der Waals surface area contributed by atoms with E-state index in [1.807, 2.05) is 13.8 Å². The van der Waals surface area contributed by atoms with Gasteiger partial charge >= 0.3 is 5.97 Å². The maximum atomic E-state index is 12.0. The number of sulfonamides is 2. The fraction of sp³-hybridized carbons (Fsp3) is 0.462. The van der Waals surface area contributed by atoms with Gasteiger partial charge in [0, 0.05) is 5.56 Å². The fourth-order valence-corrected chi connectivity index (χ4v) is 3.62. The van der Waals surface area contributed by atoms with Crippen molar-refractivity contribution in [2.45, 2.75) is 25.8 Å². The minimum atomic E-state index is -3.70. The summed E-state index contributed by atoms with van der Waals surface area (Å²) < 4.78 is 56.0. The maximum Gasteiger partial charge on any atom is 0.334 e. The molecule has 23 heavy (non-hydrogen) atoms. The van der Waals surface area contributed by atoms with Crippen LogP contribution in [0.2, 0.25) is 0 Å². The van der Waals surface area contributed by atoms with Crippen molar-refractivity contribution in [3.8, 4) is 5.75 Å². The zero-order chi connectivity index (χ0) is 17.6. The Hall–Kier alpha value is -1.65. The first-order valence-electron chi connectivity index (χ1n) is 6.72. The molecule has 0 radical (unpaired) electrons. The SMILES string of the molecule is CC(C)c1ccc2c(c1NS(C)(=O)=O)C(NS(C)(=O)=O)C(=O)O2. The van der Waals surface area contributed by atoms with E-state index < -0.39 is 32.1 Å². The molecular formula is C13H18N2O6S2. The van der Waals surface area contributed by atoms with Crippen LogP contribution in [0.4, 0.5) is 5.69 Å². The highest BCUT2D eigenvalue weighted by molar-refractivity contribution is 7.92. The predicted octanol–water partition coefficient (Wildman–Crippen LogP) is 0.691. The molecule has 0 bridgehead atoms. The molecule has 0 saturated heterocycles. The molecule has 0 amide bonds. The van der Waals surface area contributed by atoms with Crippen molar-refractivity contribution >= 4 is 31.7 Å². The molecule has 1 aliphatic rings. The first kappa shape index (κ1) is 17.7. The van der Waals surface area contributed by atoms with Gasteiger partial charge < -0.3 is 4.74 Å². The first-order valence-corrected chi connectivity index (χ1v) is 10.5. The average molecular weight is 362 g/mol. The van der Waals surface area contributed by atoms with Gasteiger partial charge in [-0.05, 0) is 17.5 Å². The van der Waals surface area contributed by atoms with Crippen LogP contribution in [0.15, 0.2) is 12.1 Å². The van der Waals surface area contributed by atoms with Gasteiger partial charge in [-0.1, -0.05) is 19.9 Å². The average Bonchev–Trinajstić information content (AvgIpc) is 2.62. The van der Waals surface area contributed by atoms with E-state index in [-0.39, 0.29) is 22.9 Å². The summed E-state index contributed by atoms with van der Waals surface area (Å²) in [6.45, 7) is 3.71.